The number of ether oxygens (including phenoxy) is 2. The number of nitrogens with one attached hydrogen (secondary N) is 1. The molecule has 1 atom stereocenters. The van der Waals surface area contributed by atoms with Gasteiger partial charge < -0.3 is 9.47 Å². The molecule has 130 valence electrons. The predicted octanol–water partition coefficient (Wildman–Crippen LogP) is 0.722. The number of methoxy groups -OCH3 is 2. The van der Waals surface area contributed by atoms with E-state index in [0.717, 1.165) is 7.11 Å². The van der Waals surface area contributed by atoms with Gasteiger partial charge in [0.1, 0.15) is 5.75 Å². The zero-order valence-electron chi connectivity index (χ0n) is 14.0. The third-order valence-electron chi connectivity index (χ3n) is 3.79. The maximum Gasteiger partial charge on any atom is 0.408 e. The molecule has 2 rings (SSSR count). The number of hydrogen-bond acceptors (Lipinski definition) is 6. The number of benzene rings is 1. The molecule has 8 heteroatoms. The molecule has 0 radical (unpaired) electrons. The molecule has 0 aliphatic heterocycles. The Morgan fingerprint density at radius 2 is 2.12 bits per heavy atom. The summed E-state index contributed by atoms with van der Waals surface area (Å²) in [6.45, 7) is 0.936. The lowest BCUT2D eigenvalue weighted by Gasteiger charge is -2.26. The van der Waals surface area contributed by atoms with Crippen LogP contribution in [0.15, 0.2) is 29.3 Å². The molecule has 1 heterocycles. The van der Waals surface area contributed by atoms with E-state index >= 15 is 0 Å². The van der Waals surface area contributed by atoms with E-state index in [2.05, 4.69) is 21.0 Å². The number of Topliss-reactive ketones (excluding diaryl/α,β-unsaturated/α-hetero) is 1. The fraction of sp³-hybridized carbons (Fsp3) is 0.294. The first kappa shape index (κ1) is 18.0. The van der Waals surface area contributed by atoms with Crippen LogP contribution in [0.2, 0.25) is 0 Å². The van der Waals surface area contributed by atoms with Crippen molar-refractivity contribution in [1.82, 2.24) is 14.9 Å². The van der Waals surface area contributed by atoms with Gasteiger partial charge in [-0.25, -0.2) is 9.78 Å². The van der Waals surface area contributed by atoms with E-state index in [0.29, 0.717) is 16.7 Å². The summed E-state index contributed by atoms with van der Waals surface area (Å²) < 4.78 is 10.8. The zero-order valence-corrected chi connectivity index (χ0v) is 14.0. The van der Waals surface area contributed by atoms with E-state index in [4.69, 9.17) is 11.2 Å². The van der Waals surface area contributed by atoms with Gasteiger partial charge in [-0.3, -0.25) is 19.5 Å². The number of fused-ring (bicyclic) bond motifs is 1. The second-order valence-corrected chi connectivity index (χ2v) is 5.28. The van der Waals surface area contributed by atoms with E-state index < -0.39 is 23.0 Å². The van der Waals surface area contributed by atoms with Crippen LogP contribution in [0.1, 0.15) is 6.92 Å². The van der Waals surface area contributed by atoms with Crippen molar-refractivity contribution in [2.24, 2.45) is 0 Å². The molecule has 25 heavy (non-hydrogen) atoms. The lowest BCUT2D eigenvalue weighted by atomic mass is 9.95. The Balaban J connectivity index is 2.54. The van der Waals surface area contributed by atoms with Crippen molar-refractivity contribution in [3.8, 4) is 18.1 Å². The quantitative estimate of drug-likeness (QED) is 0.803. The number of carbonyl (C=O) groups is 2. The SMILES string of the molecule is C#C[C@](Cn1cnc2ccc(OC)cc2c1=O)(NC(=O)OC)C(C)=O. The number of amides is 1. The molecule has 0 spiro atoms. The molecule has 1 aromatic carbocycles. The summed E-state index contributed by atoms with van der Waals surface area (Å²) in [4.78, 5) is 40.5. The maximum atomic E-state index is 12.7. The second-order valence-electron chi connectivity index (χ2n) is 5.28. The molecule has 8 nitrogen and oxygen atoms in total. The van der Waals surface area contributed by atoms with Gasteiger partial charge in [0.2, 0.25) is 0 Å². The van der Waals surface area contributed by atoms with Crippen LogP contribution in [0, 0.1) is 12.3 Å². The highest BCUT2D eigenvalue weighted by molar-refractivity contribution is 5.93. The number of alkyl carbamates (subject to hydrolysis) is 1. The lowest BCUT2D eigenvalue weighted by Crippen LogP contribution is -2.56. The van der Waals surface area contributed by atoms with Crippen LogP contribution < -0.4 is 15.6 Å². The van der Waals surface area contributed by atoms with Crippen LogP contribution in [0.3, 0.4) is 0 Å². The molecular weight excluding hydrogens is 326 g/mol. The third-order valence-corrected chi connectivity index (χ3v) is 3.79. The van der Waals surface area contributed by atoms with Gasteiger partial charge in [-0.1, -0.05) is 5.92 Å². The van der Waals surface area contributed by atoms with Crippen molar-refractivity contribution in [3.05, 3.63) is 34.9 Å². The summed E-state index contributed by atoms with van der Waals surface area (Å²) in [6, 6.07) is 4.87. The number of aromatic nitrogens is 2. The first-order valence-electron chi connectivity index (χ1n) is 7.25. The summed E-state index contributed by atoms with van der Waals surface area (Å²) in [5, 5.41) is 2.62. The highest BCUT2D eigenvalue weighted by atomic mass is 16.5. The standard InChI is InChI=1S/C17H17N3O5/c1-5-17(11(2)21,19-16(23)25-4)9-20-10-18-14-7-6-12(24-3)8-13(14)15(20)22/h1,6-8,10H,9H2,2-4H3,(H,19,23)/t17-/m1/s1. The number of hydrogen-bond donors (Lipinski definition) is 1. The van der Waals surface area contributed by atoms with Gasteiger partial charge in [0.15, 0.2) is 11.3 Å². The number of carbonyl (C=O) groups excluding carboxylic acids is 2. The molecule has 0 bridgehead atoms. The molecule has 0 aliphatic carbocycles. The van der Waals surface area contributed by atoms with Gasteiger partial charge in [-0.05, 0) is 25.1 Å². The minimum Gasteiger partial charge on any atom is -0.497 e. The molecule has 0 unspecified atom stereocenters. The van der Waals surface area contributed by atoms with E-state index in [1.54, 1.807) is 18.2 Å². The molecular formula is C17H17N3O5. The topological polar surface area (TPSA) is 99.5 Å². The van der Waals surface area contributed by atoms with Crippen molar-refractivity contribution in [2.75, 3.05) is 14.2 Å². The normalized spacial score (nSPS) is 12.7. The Hall–Kier alpha value is -3.34. The fourth-order valence-corrected chi connectivity index (χ4v) is 2.28. The lowest BCUT2D eigenvalue weighted by molar-refractivity contribution is -0.121. The number of terminal acetylenes is 1. The summed E-state index contributed by atoms with van der Waals surface area (Å²) >= 11 is 0. The fourth-order valence-electron chi connectivity index (χ4n) is 2.28. The largest absolute Gasteiger partial charge is 0.497 e. The molecule has 0 fully saturated rings. The van der Waals surface area contributed by atoms with Crippen LogP contribution in [0.5, 0.6) is 5.75 Å². The van der Waals surface area contributed by atoms with Crippen LogP contribution in [0.25, 0.3) is 10.9 Å². The number of rotatable bonds is 5. The van der Waals surface area contributed by atoms with Crippen LogP contribution >= 0.6 is 0 Å². The molecule has 1 amide bonds. The predicted molar refractivity (Wildman–Crippen MR) is 90.3 cm³/mol. The van der Waals surface area contributed by atoms with Gasteiger partial charge >= 0.3 is 6.09 Å². The van der Waals surface area contributed by atoms with Crippen molar-refractivity contribution in [3.63, 3.8) is 0 Å². The highest BCUT2D eigenvalue weighted by Gasteiger charge is 2.36. The Morgan fingerprint density at radius 3 is 2.68 bits per heavy atom. The molecule has 0 aliphatic rings. The number of ketones is 1. The molecule has 2 aromatic rings. The molecule has 1 aromatic heterocycles. The van der Waals surface area contributed by atoms with Crippen molar-refractivity contribution >= 4 is 22.8 Å². The van der Waals surface area contributed by atoms with Crippen LogP contribution in [-0.4, -0.2) is 41.2 Å². The van der Waals surface area contributed by atoms with Crippen LogP contribution in [0.4, 0.5) is 4.79 Å². The van der Waals surface area contributed by atoms with Crippen molar-refractivity contribution < 1.29 is 19.1 Å². The van der Waals surface area contributed by atoms with E-state index in [1.807, 2.05) is 0 Å². The van der Waals surface area contributed by atoms with Gasteiger partial charge in [-0.15, -0.1) is 6.42 Å². The summed E-state index contributed by atoms with van der Waals surface area (Å²) in [5.74, 6) is 2.23. The zero-order chi connectivity index (χ0) is 18.6. The average Bonchev–Trinajstić information content (AvgIpc) is 2.62. The first-order chi connectivity index (χ1) is 11.9. The van der Waals surface area contributed by atoms with Gasteiger partial charge in [-0.2, -0.15) is 0 Å². The highest BCUT2D eigenvalue weighted by Crippen LogP contribution is 2.16. The maximum absolute atomic E-state index is 12.7. The Kier molecular flexibility index (Phi) is 5.08. The number of nitrogens with zero attached hydrogens (tertiary/aromatic N) is 2. The van der Waals surface area contributed by atoms with Crippen molar-refractivity contribution in [1.29, 1.82) is 0 Å². The molecule has 0 saturated heterocycles. The van der Waals surface area contributed by atoms with Crippen molar-refractivity contribution in [2.45, 2.75) is 19.0 Å². The monoisotopic (exact) mass is 343 g/mol. The molecule has 1 N–H and O–H groups in total. The van der Waals surface area contributed by atoms with Crippen LogP contribution in [-0.2, 0) is 16.1 Å². The Bertz CT molecular complexity index is 928. The third kappa shape index (κ3) is 3.45. The summed E-state index contributed by atoms with van der Waals surface area (Å²) in [5.41, 5.74) is -1.68. The average molecular weight is 343 g/mol. The minimum atomic E-state index is -1.73. The summed E-state index contributed by atoms with van der Waals surface area (Å²) in [7, 11) is 2.63. The first-order valence-corrected chi connectivity index (χ1v) is 7.25. The van der Waals surface area contributed by atoms with Gasteiger partial charge in [0, 0.05) is 0 Å². The Morgan fingerprint density at radius 1 is 1.40 bits per heavy atom. The van der Waals surface area contributed by atoms with Gasteiger partial charge in [0.25, 0.3) is 5.56 Å². The minimum absolute atomic E-state index is 0.285. The molecule has 0 saturated carbocycles. The van der Waals surface area contributed by atoms with E-state index in [1.165, 1.54) is 24.9 Å². The Labute approximate surface area is 143 Å². The smallest absolute Gasteiger partial charge is 0.408 e. The van der Waals surface area contributed by atoms with E-state index in [-0.39, 0.29) is 6.54 Å². The van der Waals surface area contributed by atoms with E-state index in [9.17, 15) is 14.4 Å². The van der Waals surface area contributed by atoms with Gasteiger partial charge in [0.05, 0.1) is 38.0 Å². The summed E-state index contributed by atoms with van der Waals surface area (Å²) in [6.07, 6.45) is 5.86. The second kappa shape index (κ2) is 7.05.